The second kappa shape index (κ2) is 5.23. The van der Waals surface area contributed by atoms with Crippen LogP contribution < -0.4 is 10.1 Å². The largest absolute Gasteiger partial charge is 0.484 e. The highest BCUT2D eigenvalue weighted by Gasteiger charge is 2.02. The number of benzene rings is 1. The van der Waals surface area contributed by atoms with Gasteiger partial charge in [0.05, 0.1) is 0 Å². The predicted octanol–water partition coefficient (Wildman–Crippen LogP) is 1.62. The maximum atomic E-state index is 10.9. The van der Waals surface area contributed by atoms with Gasteiger partial charge in [-0.25, -0.2) is 0 Å². The summed E-state index contributed by atoms with van der Waals surface area (Å²) in [6, 6.07) is 5.07. The minimum Gasteiger partial charge on any atom is -0.484 e. The van der Waals surface area contributed by atoms with Crippen molar-refractivity contribution in [1.82, 2.24) is 5.32 Å². The van der Waals surface area contributed by atoms with Gasteiger partial charge in [0, 0.05) is 5.02 Å². The Kier molecular flexibility index (Phi) is 3.95. The first-order chi connectivity index (χ1) is 7.13. The van der Waals surface area contributed by atoms with E-state index in [0.717, 1.165) is 5.56 Å². The van der Waals surface area contributed by atoms with Crippen molar-refractivity contribution in [2.75, 3.05) is 6.61 Å². The van der Waals surface area contributed by atoms with Crippen LogP contribution in [0.1, 0.15) is 5.56 Å². The predicted molar refractivity (Wildman–Crippen MR) is 55.4 cm³/mol. The fraction of sp³-hybridized carbons (Fsp3) is 0.200. The van der Waals surface area contributed by atoms with Crippen LogP contribution in [0.2, 0.25) is 5.02 Å². The summed E-state index contributed by atoms with van der Waals surface area (Å²) in [5.41, 5.74) is 0.870. The van der Waals surface area contributed by atoms with E-state index in [0.29, 0.717) is 10.8 Å². The molecule has 5 heteroatoms. The molecule has 1 N–H and O–H groups in total. The van der Waals surface area contributed by atoms with E-state index < -0.39 is 5.91 Å². The Morgan fingerprint density at radius 3 is 3.00 bits per heavy atom. The number of amides is 1. The Hall–Kier alpha value is -1.73. The third-order valence-corrected chi connectivity index (χ3v) is 2.12. The number of carbonyl (C=O) groups excluding carboxylic acids is 1. The van der Waals surface area contributed by atoms with Crippen LogP contribution in [0.25, 0.3) is 0 Å². The van der Waals surface area contributed by atoms with E-state index in [1.807, 2.05) is 12.2 Å². The molecule has 0 bridgehead atoms. The molecule has 0 aliphatic heterocycles. The fourth-order valence-electron chi connectivity index (χ4n) is 0.954. The SMILES string of the molecule is Cc1cc(OCC(=O)NC#N)ccc1Cl. The summed E-state index contributed by atoms with van der Waals surface area (Å²) >= 11 is 5.82. The van der Waals surface area contributed by atoms with Gasteiger partial charge in [0.1, 0.15) is 5.75 Å². The highest BCUT2D eigenvalue weighted by atomic mass is 35.5. The van der Waals surface area contributed by atoms with Gasteiger partial charge in [-0.2, -0.15) is 5.26 Å². The first-order valence-corrected chi connectivity index (χ1v) is 4.58. The molecule has 1 rings (SSSR count). The lowest BCUT2D eigenvalue weighted by Gasteiger charge is -2.05. The van der Waals surface area contributed by atoms with E-state index in [1.165, 1.54) is 6.19 Å². The molecule has 15 heavy (non-hydrogen) atoms. The first kappa shape index (κ1) is 11.3. The van der Waals surface area contributed by atoms with Crippen LogP contribution in [0.15, 0.2) is 18.2 Å². The normalized spacial score (nSPS) is 9.13. The molecule has 78 valence electrons. The van der Waals surface area contributed by atoms with Gasteiger partial charge in [-0.3, -0.25) is 10.1 Å². The lowest BCUT2D eigenvalue weighted by molar-refractivity contribution is -0.121. The molecule has 0 spiro atoms. The Balaban J connectivity index is 2.55. The van der Waals surface area contributed by atoms with Crippen LogP contribution >= 0.6 is 11.6 Å². The van der Waals surface area contributed by atoms with Gasteiger partial charge < -0.3 is 4.74 Å². The molecule has 0 fully saturated rings. The molecular weight excluding hydrogens is 216 g/mol. The summed E-state index contributed by atoms with van der Waals surface area (Å²) in [6.45, 7) is 1.65. The van der Waals surface area contributed by atoms with E-state index >= 15 is 0 Å². The van der Waals surface area contributed by atoms with Crippen LogP contribution in [0.4, 0.5) is 0 Å². The topological polar surface area (TPSA) is 62.1 Å². The van der Waals surface area contributed by atoms with Crippen molar-refractivity contribution in [3.05, 3.63) is 28.8 Å². The summed E-state index contributed by atoms with van der Waals surface area (Å²) in [5, 5.41) is 10.8. The molecule has 1 amide bonds. The number of ether oxygens (including phenoxy) is 1. The van der Waals surface area contributed by atoms with Gasteiger partial charge in [0.2, 0.25) is 0 Å². The van der Waals surface area contributed by atoms with Crippen LogP contribution in [0, 0.1) is 18.4 Å². The minimum atomic E-state index is -0.481. The number of halogens is 1. The van der Waals surface area contributed by atoms with Crippen LogP contribution in [-0.2, 0) is 4.79 Å². The molecular formula is C10H9ClN2O2. The number of aryl methyl sites for hydroxylation is 1. The van der Waals surface area contributed by atoms with Crippen molar-refractivity contribution < 1.29 is 9.53 Å². The average Bonchev–Trinajstić information content (AvgIpc) is 2.20. The second-order valence-electron chi connectivity index (χ2n) is 2.86. The third-order valence-electron chi connectivity index (χ3n) is 1.69. The van der Waals surface area contributed by atoms with Gasteiger partial charge in [-0.05, 0) is 30.7 Å². The van der Waals surface area contributed by atoms with Gasteiger partial charge in [0.25, 0.3) is 5.91 Å². The molecule has 0 radical (unpaired) electrons. The van der Waals surface area contributed by atoms with Crippen molar-refractivity contribution in [3.8, 4) is 11.9 Å². The Morgan fingerprint density at radius 1 is 1.67 bits per heavy atom. The highest BCUT2D eigenvalue weighted by molar-refractivity contribution is 6.31. The summed E-state index contributed by atoms with van der Waals surface area (Å²) in [4.78, 5) is 10.9. The smallest absolute Gasteiger partial charge is 0.270 e. The summed E-state index contributed by atoms with van der Waals surface area (Å²) in [6.07, 6.45) is 1.52. The van der Waals surface area contributed by atoms with Gasteiger partial charge in [-0.15, -0.1) is 0 Å². The van der Waals surface area contributed by atoms with E-state index in [2.05, 4.69) is 0 Å². The summed E-state index contributed by atoms with van der Waals surface area (Å²) in [5.74, 6) is 0.0649. The maximum Gasteiger partial charge on any atom is 0.270 e. The first-order valence-electron chi connectivity index (χ1n) is 4.20. The van der Waals surface area contributed by atoms with Crippen LogP contribution in [-0.4, -0.2) is 12.5 Å². The van der Waals surface area contributed by atoms with Crippen molar-refractivity contribution in [2.24, 2.45) is 0 Å². The van der Waals surface area contributed by atoms with Crippen LogP contribution in [0.3, 0.4) is 0 Å². The number of nitrogens with one attached hydrogen (secondary N) is 1. The molecule has 1 aromatic rings. The molecule has 0 atom stereocenters. The van der Waals surface area contributed by atoms with Crippen molar-refractivity contribution in [3.63, 3.8) is 0 Å². The molecule has 0 heterocycles. The number of hydrogen-bond acceptors (Lipinski definition) is 3. The lowest BCUT2D eigenvalue weighted by atomic mass is 10.2. The van der Waals surface area contributed by atoms with Gasteiger partial charge >= 0.3 is 0 Å². The van der Waals surface area contributed by atoms with Crippen molar-refractivity contribution >= 4 is 17.5 Å². The standard InChI is InChI=1S/C10H9ClN2O2/c1-7-4-8(2-3-9(7)11)15-5-10(14)13-6-12/h2-4H,5H2,1H3,(H,13,14). The number of nitriles is 1. The monoisotopic (exact) mass is 224 g/mol. The molecule has 0 saturated carbocycles. The lowest BCUT2D eigenvalue weighted by Crippen LogP contribution is -2.24. The molecule has 0 aromatic heterocycles. The van der Waals surface area contributed by atoms with Crippen LogP contribution in [0.5, 0.6) is 5.75 Å². The number of hydrogen-bond donors (Lipinski definition) is 1. The zero-order valence-corrected chi connectivity index (χ0v) is 8.84. The second-order valence-corrected chi connectivity index (χ2v) is 3.27. The molecule has 1 aromatic carbocycles. The average molecular weight is 225 g/mol. The molecule has 0 aliphatic carbocycles. The van der Waals surface area contributed by atoms with Gasteiger partial charge in [0.15, 0.2) is 12.8 Å². The minimum absolute atomic E-state index is 0.186. The highest BCUT2D eigenvalue weighted by Crippen LogP contribution is 2.20. The van der Waals surface area contributed by atoms with E-state index in [4.69, 9.17) is 21.6 Å². The zero-order valence-electron chi connectivity index (χ0n) is 8.08. The quantitative estimate of drug-likeness (QED) is 0.627. The molecule has 0 saturated heterocycles. The zero-order chi connectivity index (χ0) is 11.3. The number of carbonyl (C=O) groups is 1. The Morgan fingerprint density at radius 2 is 2.40 bits per heavy atom. The maximum absolute atomic E-state index is 10.9. The van der Waals surface area contributed by atoms with Crippen molar-refractivity contribution in [1.29, 1.82) is 5.26 Å². The molecule has 4 nitrogen and oxygen atoms in total. The van der Waals surface area contributed by atoms with E-state index in [-0.39, 0.29) is 6.61 Å². The third kappa shape index (κ3) is 3.49. The molecule has 0 aliphatic rings. The van der Waals surface area contributed by atoms with E-state index in [9.17, 15) is 4.79 Å². The van der Waals surface area contributed by atoms with E-state index in [1.54, 1.807) is 18.2 Å². The number of rotatable bonds is 3. The van der Waals surface area contributed by atoms with Crippen molar-refractivity contribution in [2.45, 2.75) is 6.92 Å². The summed E-state index contributed by atoms with van der Waals surface area (Å²) < 4.78 is 5.13. The fourth-order valence-corrected chi connectivity index (χ4v) is 1.07. The Labute approximate surface area is 92.4 Å². The summed E-state index contributed by atoms with van der Waals surface area (Å²) in [7, 11) is 0. The Bertz CT molecular complexity index is 412. The molecule has 0 unspecified atom stereocenters. The van der Waals surface area contributed by atoms with Gasteiger partial charge in [-0.1, -0.05) is 11.6 Å². The number of nitrogens with zero attached hydrogens (tertiary/aromatic N) is 1.